The maximum atomic E-state index is 8.83. The van der Waals surface area contributed by atoms with E-state index in [9.17, 15) is 0 Å². The van der Waals surface area contributed by atoms with E-state index in [0.717, 1.165) is 12.5 Å². The van der Waals surface area contributed by atoms with Gasteiger partial charge < -0.3 is 14.9 Å². The van der Waals surface area contributed by atoms with Crippen LogP contribution in [0.2, 0.25) is 0 Å². The average Bonchev–Trinajstić information content (AvgIpc) is 2.05. The van der Waals surface area contributed by atoms with Crippen molar-refractivity contribution in [3.63, 3.8) is 0 Å². The van der Waals surface area contributed by atoms with Crippen molar-refractivity contribution in [3.8, 4) is 0 Å². The first-order valence-corrected chi connectivity index (χ1v) is 4.39. The summed E-state index contributed by atoms with van der Waals surface area (Å²) in [4.78, 5) is 0. The van der Waals surface area contributed by atoms with Gasteiger partial charge in [-0.25, -0.2) is 0 Å². The third-order valence-electron chi connectivity index (χ3n) is 1.63. The van der Waals surface area contributed by atoms with Gasteiger partial charge in [-0.1, -0.05) is 27.7 Å². The summed E-state index contributed by atoms with van der Waals surface area (Å²) in [6, 6.07) is 0. The zero-order chi connectivity index (χ0) is 10.4. The van der Waals surface area contributed by atoms with Crippen LogP contribution in [0.5, 0.6) is 0 Å². The maximum absolute atomic E-state index is 8.83. The minimum absolute atomic E-state index is 0.0960. The Kier molecular flexibility index (Phi) is 5.04. The number of hydrogen-bond acceptors (Lipinski definition) is 3. The summed E-state index contributed by atoms with van der Waals surface area (Å²) in [7, 11) is 0. The molecule has 0 atom stereocenters. The maximum Gasteiger partial charge on any atom is 0.140 e. The number of allylic oxidation sites excluding steroid dienone is 2. The smallest absolute Gasteiger partial charge is 0.140 e. The molecule has 76 valence electrons. The van der Waals surface area contributed by atoms with Crippen molar-refractivity contribution >= 4 is 0 Å². The molecule has 0 saturated carbocycles. The van der Waals surface area contributed by atoms with Gasteiger partial charge in [0.25, 0.3) is 0 Å². The van der Waals surface area contributed by atoms with Crippen molar-refractivity contribution < 1.29 is 14.9 Å². The lowest BCUT2D eigenvalue weighted by atomic mass is 10.1. The van der Waals surface area contributed by atoms with Gasteiger partial charge in [0.2, 0.25) is 0 Å². The standard InChI is InChI=1S/C10H18O3/c1-7(2)9(5-11)13-10(6-12)8(3)4/h5-8,11-12H,1-4H3. The molecule has 0 aromatic heterocycles. The summed E-state index contributed by atoms with van der Waals surface area (Å²) in [5.41, 5.74) is 0. The van der Waals surface area contributed by atoms with E-state index in [-0.39, 0.29) is 11.8 Å². The van der Waals surface area contributed by atoms with Crippen LogP contribution in [0.4, 0.5) is 0 Å². The quantitative estimate of drug-likeness (QED) is 0.663. The molecule has 0 spiro atoms. The van der Waals surface area contributed by atoms with Gasteiger partial charge in [-0.15, -0.1) is 0 Å². The SMILES string of the molecule is CC(C)C(=CO)OC(=CO)C(C)C. The van der Waals surface area contributed by atoms with Crippen molar-refractivity contribution in [1.82, 2.24) is 0 Å². The van der Waals surface area contributed by atoms with Crippen molar-refractivity contribution in [2.45, 2.75) is 27.7 Å². The molecule has 3 heteroatoms. The highest BCUT2D eigenvalue weighted by Gasteiger charge is 2.11. The van der Waals surface area contributed by atoms with Crippen LogP contribution in [0.15, 0.2) is 24.0 Å². The number of rotatable bonds is 4. The van der Waals surface area contributed by atoms with Gasteiger partial charge in [0, 0.05) is 11.8 Å². The minimum atomic E-state index is 0.0960. The van der Waals surface area contributed by atoms with Crippen LogP contribution in [-0.2, 0) is 4.74 Å². The summed E-state index contributed by atoms with van der Waals surface area (Å²) in [6.07, 6.45) is 1.85. The Morgan fingerprint density at radius 2 is 1.23 bits per heavy atom. The molecule has 13 heavy (non-hydrogen) atoms. The van der Waals surface area contributed by atoms with E-state index in [1.54, 1.807) is 0 Å². The number of aliphatic hydroxyl groups excluding tert-OH is 2. The molecule has 0 heterocycles. The van der Waals surface area contributed by atoms with E-state index in [1.807, 2.05) is 27.7 Å². The van der Waals surface area contributed by atoms with E-state index in [4.69, 9.17) is 14.9 Å². The highest BCUT2D eigenvalue weighted by atomic mass is 16.5. The second-order valence-corrected chi connectivity index (χ2v) is 3.47. The normalized spacial score (nSPS) is 14.0. The Morgan fingerprint density at radius 3 is 1.38 bits per heavy atom. The summed E-state index contributed by atoms with van der Waals surface area (Å²) in [5, 5.41) is 17.7. The predicted molar refractivity (Wildman–Crippen MR) is 52.2 cm³/mol. The molecule has 2 N–H and O–H groups in total. The summed E-state index contributed by atoms with van der Waals surface area (Å²) < 4.78 is 5.29. The topological polar surface area (TPSA) is 49.7 Å². The van der Waals surface area contributed by atoms with E-state index < -0.39 is 0 Å². The summed E-state index contributed by atoms with van der Waals surface area (Å²) in [5.74, 6) is 1.10. The monoisotopic (exact) mass is 186 g/mol. The minimum Gasteiger partial charge on any atom is -0.512 e. The molecule has 0 saturated heterocycles. The fraction of sp³-hybridized carbons (Fsp3) is 0.600. The largest absolute Gasteiger partial charge is 0.512 e. The number of ether oxygens (including phenoxy) is 1. The molecule has 0 radical (unpaired) electrons. The Morgan fingerprint density at radius 1 is 0.923 bits per heavy atom. The van der Waals surface area contributed by atoms with Crippen molar-refractivity contribution in [2.24, 2.45) is 11.8 Å². The Labute approximate surface area is 79.3 Å². The zero-order valence-electron chi connectivity index (χ0n) is 8.61. The lowest BCUT2D eigenvalue weighted by Gasteiger charge is -2.16. The fourth-order valence-electron chi connectivity index (χ4n) is 0.723. The fourth-order valence-corrected chi connectivity index (χ4v) is 0.723. The van der Waals surface area contributed by atoms with Gasteiger partial charge in [0.15, 0.2) is 0 Å². The van der Waals surface area contributed by atoms with E-state index in [0.29, 0.717) is 11.5 Å². The van der Waals surface area contributed by atoms with Crippen LogP contribution in [-0.4, -0.2) is 10.2 Å². The van der Waals surface area contributed by atoms with Crippen LogP contribution in [0.1, 0.15) is 27.7 Å². The lowest BCUT2D eigenvalue weighted by Crippen LogP contribution is -2.04. The molecular weight excluding hydrogens is 168 g/mol. The Hall–Kier alpha value is -1.12. The lowest BCUT2D eigenvalue weighted by molar-refractivity contribution is 0.206. The Balaban J connectivity index is 4.40. The van der Waals surface area contributed by atoms with Crippen molar-refractivity contribution in [1.29, 1.82) is 0 Å². The highest BCUT2D eigenvalue weighted by Crippen LogP contribution is 2.19. The molecule has 3 nitrogen and oxygen atoms in total. The van der Waals surface area contributed by atoms with Crippen LogP contribution in [0.3, 0.4) is 0 Å². The first kappa shape index (κ1) is 11.9. The highest BCUT2D eigenvalue weighted by molar-refractivity contribution is 5.00. The molecule has 0 aliphatic carbocycles. The first-order valence-electron chi connectivity index (χ1n) is 4.39. The number of aliphatic hydroxyl groups is 2. The van der Waals surface area contributed by atoms with Crippen LogP contribution in [0, 0.1) is 11.8 Å². The predicted octanol–water partition coefficient (Wildman–Crippen LogP) is 3.11. The van der Waals surface area contributed by atoms with Crippen LogP contribution < -0.4 is 0 Å². The van der Waals surface area contributed by atoms with Gasteiger partial charge in [-0.05, 0) is 0 Å². The van der Waals surface area contributed by atoms with E-state index in [2.05, 4.69) is 0 Å². The average molecular weight is 186 g/mol. The van der Waals surface area contributed by atoms with Gasteiger partial charge in [-0.2, -0.15) is 0 Å². The van der Waals surface area contributed by atoms with Gasteiger partial charge in [0.05, 0.1) is 0 Å². The zero-order valence-corrected chi connectivity index (χ0v) is 8.61. The third-order valence-corrected chi connectivity index (χ3v) is 1.63. The Bertz CT molecular complexity index is 180. The van der Waals surface area contributed by atoms with Gasteiger partial charge in [0.1, 0.15) is 24.0 Å². The third kappa shape index (κ3) is 3.87. The van der Waals surface area contributed by atoms with Gasteiger partial charge >= 0.3 is 0 Å². The molecule has 0 unspecified atom stereocenters. The van der Waals surface area contributed by atoms with Crippen molar-refractivity contribution in [3.05, 3.63) is 24.0 Å². The summed E-state index contributed by atoms with van der Waals surface area (Å²) >= 11 is 0. The first-order chi connectivity index (χ1) is 6.02. The molecule has 0 aromatic rings. The molecule has 0 aliphatic heterocycles. The second-order valence-electron chi connectivity index (χ2n) is 3.47. The molecule has 0 aliphatic rings. The molecule has 0 bridgehead atoms. The molecule has 0 aromatic carbocycles. The number of hydrogen-bond donors (Lipinski definition) is 2. The second kappa shape index (κ2) is 5.51. The van der Waals surface area contributed by atoms with Gasteiger partial charge in [-0.3, -0.25) is 0 Å². The van der Waals surface area contributed by atoms with E-state index >= 15 is 0 Å². The van der Waals surface area contributed by atoms with Crippen molar-refractivity contribution in [2.75, 3.05) is 0 Å². The van der Waals surface area contributed by atoms with Crippen LogP contribution >= 0.6 is 0 Å². The molecule has 0 rings (SSSR count). The summed E-state index contributed by atoms with van der Waals surface area (Å²) in [6.45, 7) is 7.60. The van der Waals surface area contributed by atoms with Crippen LogP contribution in [0.25, 0.3) is 0 Å². The molecule has 0 fully saturated rings. The molecule has 0 amide bonds. The molecular formula is C10H18O3. The van der Waals surface area contributed by atoms with E-state index in [1.165, 1.54) is 0 Å².